The van der Waals surface area contributed by atoms with Crippen molar-refractivity contribution in [2.75, 3.05) is 27.7 Å². The van der Waals surface area contributed by atoms with E-state index in [-0.39, 0.29) is 18.4 Å². The van der Waals surface area contributed by atoms with Crippen molar-refractivity contribution in [3.05, 3.63) is 60.1 Å². The van der Waals surface area contributed by atoms with Gasteiger partial charge in [0.1, 0.15) is 11.4 Å². The first-order chi connectivity index (χ1) is 14.1. The fourth-order valence-corrected chi connectivity index (χ4v) is 2.92. The van der Waals surface area contributed by atoms with E-state index in [1.54, 1.807) is 19.4 Å². The van der Waals surface area contributed by atoms with Gasteiger partial charge in [0.25, 0.3) is 0 Å². The van der Waals surface area contributed by atoms with E-state index in [2.05, 4.69) is 25.3 Å². The van der Waals surface area contributed by atoms with Gasteiger partial charge in [0.05, 0.1) is 13.2 Å². The Morgan fingerprint density at radius 3 is 2.83 bits per heavy atom. The van der Waals surface area contributed by atoms with Crippen LogP contribution in [0.2, 0.25) is 0 Å². The Hall–Kier alpha value is -3.26. The molecule has 0 saturated carbocycles. The quantitative estimate of drug-likeness (QED) is 0.595. The Labute approximate surface area is 169 Å². The van der Waals surface area contributed by atoms with Gasteiger partial charge in [-0.25, -0.2) is 0 Å². The lowest BCUT2D eigenvalue weighted by Crippen LogP contribution is -2.34. The third-order valence-electron chi connectivity index (χ3n) is 4.52. The molecule has 0 aliphatic carbocycles. The van der Waals surface area contributed by atoms with Crippen molar-refractivity contribution < 1.29 is 14.1 Å². The minimum Gasteiger partial charge on any atom is -0.497 e. The molecular weight excluding hydrogens is 370 g/mol. The Morgan fingerprint density at radius 1 is 1.24 bits per heavy atom. The fourth-order valence-electron chi connectivity index (χ4n) is 2.92. The minimum atomic E-state index is -0.0719. The maximum absolute atomic E-state index is 12.3. The van der Waals surface area contributed by atoms with E-state index in [0.29, 0.717) is 30.4 Å². The molecule has 0 aliphatic rings. The zero-order valence-electron chi connectivity index (χ0n) is 16.8. The van der Waals surface area contributed by atoms with Crippen LogP contribution in [-0.2, 0) is 11.2 Å². The van der Waals surface area contributed by atoms with Gasteiger partial charge in [-0.3, -0.25) is 9.78 Å². The number of hydrogen-bond acceptors (Lipinski definition) is 7. The highest BCUT2D eigenvalue weighted by atomic mass is 16.5. The van der Waals surface area contributed by atoms with E-state index in [1.165, 1.54) is 0 Å². The van der Waals surface area contributed by atoms with Crippen molar-refractivity contribution in [3.63, 3.8) is 0 Å². The Morgan fingerprint density at radius 2 is 2.10 bits per heavy atom. The van der Waals surface area contributed by atoms with E-state index >= 15 is 0 Å². The smallest absolute Gasteiger partial charge is 0.227 e. The van der Waals surface area contributed by atoms with Gasteiger partial charge in [0.15, 0.2) is 0 Å². The van der Waals surface area contributed by atoms with Gasteiger partial charge in [-0.2, -0.15) is 4.98 Å². The molecule has 3 rings (SSSR count). The van der Waals surface area contributed by atoms with Gasteiger partial charge < -0.3 is 19.5 Å². The molecule has 1 amide bonds. The number of benzene rings is 1. The molecule has 3 aromatic rings. The molecule has 8 nitrogen and oxygen atoms in total. The lowest BCUT2D eigenvalue weighted by Gasteiger charge is -2.25. The van der Waals surface area contributed by atoms with Crippen LogP contribution in [0.25, 0.3) is 11.5 Å². The number of hydrogen-bond donors (Lipinski definition) is 1. The minimum absolute atomic E-state index is 0.0354. The van der Waals surface area contributed by atoms with Crippen LogP contribution in [0, 0.1) is 0 Å². The predicted octanol–water partition coefficient (Wildman–Crippen LogP) is 2.49. The summed E-state index contributed by atoms with van der Waals surface area (Å²) >= 11 is 0. The molecule has 29 heavy (non-hydrogen) atoms. The van der Waals surface area contributed by atoms with Crippen LogP contribution in [0.1, 0.15) is 23.9 Å². The van der Waals surface area contributed by atoms with E-state index in [1.807, 2.05) is 50.5 Å². The lowest BCUT2D eigenvalue weighted by atomic mass is 10.1. The van der Waals surface area contributed by atoms with Crippen molar-refractivity contribution in [3.8, 4) is 17.3 Å². The third kappa shape index (κ3) is 5.61. The Bertz CT molecular complexity index is 927. The topological polar surface area (TPSA) is 93.4 Å². The first-order valence-corrected chi connectivity index (χ1v) is 9.38. The number of aryl methyl sites for hydroxylation is 1. The van der Waals surface area contributed by atoms with Crippen LogP contribution in [0.3, 0.4) is 0 Å². The average Bonchev–Trinajstić information content (AvgIpc) is 3.22. The summed E-state index contributed by atoms with van der Waals surface area (Å²) in [5, 5.41) is 6.90. The molecule has 2 heterocycles. The molecule has 8 heteroatoms. The molecular formula is C21H25N5O3. The number of carbonyl (C=O) groups is 1. The van der Waals surface area contributed by atoms with E-state index in [0.717, 1.165) is 11.3 Å². The van der Waals surface area contributed by atoms with E-state index in [4.69, 9.17) is 9.26 Å². The highest BCUT2D eigenvalue weighted by Gasteiger charge is 2.17. The van der Waals surface area contributed by atoms with Crippen LogP contribution < -0.4 is 10.1 Å². The highest BCUT2D eigenvalue weighted by Crippen LogP contribution is 2.22. The number of rotatable bonds is 9. The molecule has 0 saturated heterocycles. The second kappa shape index (κ2) is 9.79. The third-order valence-corrected chi connectivity index (χ3v) is 4.52. The van der Waals surface area contributed by atoms with Gasteiger partial charge in [-0.1, -0.05) is 23.4 Å². The summed E-state index contributed by atoms with van der Waals surface area (Å²) in [6, 6.07) is 13.4. The molecule has 1 aromatic carbocycles. The lowest BCUT2D eigenvalue weighted by molar-refractivity contribution is -0.121. The van der Waals surface area contributed by atoms with E-state index < -0.39 is 0 Å². The molecule has 152 valence electrons. The Kier molecular flexibility index (Phi) is 6.91. The van der Waals surface area contributed by atoms with Gasteiger partial charge in [0.2, 0.25) is 17.6 Å². The summed E-state index contributed by atoms with van der Waals surface area (Å²) in [4.78, 5) is 22.9. The van der Waals surface area contributed by atoms with Gasteiger partial charge in [0, 0.05) is 25.6 Å². The van der Waals surface area contributed by atoms with Crippen LogP contribution >= 0.6 is 0 Å². The number of aromatic nitrogens is 3. The van der Waals surface area contributed by atoms with Gasteiger partial charge in [-0.05, 0) is 43.9 Å². The first kappa shape index (κ1) is 20.5. The van der Waals surface area contributed by atoms with Gasteiger partial charge in [-0.15, -0.1) is 0 Å². The second-order valence-electron chi connectivity index (χ2n) is 6.79. The summed E-state index contributed by atoms with van der Waals surface area (Å²) in [5.74, 6) is 1.56. The van der Waals surface area contributed by atoms with Crippen molar-refractivity contribution in [1.29, 1.82) is 0 Å². The molecule has 1 unspecified atom stereocenters. The maximum Gasteiger partial charge on any atom is 0.227 e. The molecule has 0 spiro atoms. The summed E-state index contributed by atoms with van der Waals surface area (Å²) in [5.41, 5.74) is 1.71. The fraction of sp³-hybridized carbons (Fsp3) is 0.333. The second-order valence-corrected chi connectivity index (χ2v) is 6.79. The van der Waals surface area contributed by atoms with Crippen LogP contribution in [0.15, 0.2) is 53.2 Å². The molecule has 2 aromatic heterocycles. The largest absolute Gasteiger partial charge is 0.497 e. The molecule has 0 radical (unpaired) electrons. The number of likely N-dealkylation sites (N-methyl/N-ethyl adjacent to an activating group) is 1. The summed E-state index contributed by atoms with van der Waals surface area (Å²) in [6.45, 7) is 0.488. The number of methoxy groups -OCH3 is 1. The molecule has 1 N–H and O–H groups in total. The first-order valence-electron chi connectivity index (χ1n) is 9.38. The molecule has 1 atom stereocenters. The number of amides is 1. The van der Waals surface area contributed by atoms with E-state index in [9.17, 15) is 4.79 Å². The SMILES string of the molecule is COc1cccc(C(CNC(=O)CCc2nc(-c3ccccn3)no2)N(C)C)c1. The Balaban J connectivity index is 1.53. The summed E-state index contributed by atoms with van der Waals surface area (Å²) < 4.78 is 10.5. The number of ether oxygens (including phenoxy) is 1. The highest BCUT2D eigenvalue weighted by molar-refractivity contribution is 5.76. The number of pyridine rings is 1. The molecule has 0 bridgehead atoms. The van der Waals surface area contributed by atoms with Crippen molar-refractivity contribution in [1.82, 2.24) is 25.3 Å². The van der Waals surface area contributed by atoms with Crippen molar-refractivity contribution in [2.24, 2.45) is 0 Å². The molecule has 0 fully saturated rings. The normalized spacial score (nSPS) is 12.0. The van der Waals surface area contributed by atoms with Crippen molar-refractivity contribution in [2.45, 2.75) is 18.9 Å². The standard InChI is InChI=1S/C21H25N5O3/c1-26(2)18(15-7-6-8-16(13-15)28-3)14-23-19(27)10-11-20-24-21(25-29-20)17-9-4-5-12-22-17/h4-9,12-13,18H,10-11,14H2,1-3H3,(H,23,27). The monoisotopic (exact) mass is 395 g/mol. The maximum atomic E-state index is 12.3. The number of nitrogens with zero attached hydrogens (tertiary/aromatic N) is 4. The van der Waals surface area contributed by atoms with Crippen LogP contribution in [0.4, 0.5) is 0 Å². The van der Waals surface area contributed by atoms with Crippen molar-refractivity contribution >= 4 is 5.91 Å². The number of nitrogens with one attached hydrogen (secondary N) is 1. The zero-order valence-corrected chi connectivity index (χ0v) is 16.8. The summed E-state index contributed by atoms with van der Waals surface area (Å²) in [7, 11) is 5.60. The zero-order chi connectivity index (χ0) is 20.6. The number of carbonyl (C=O) groups excluding carboxylic acids is 1. The predicted molar refractivity (Wildman–Crippen MR) is 108 cm³/mol. The van der Waals surface area contributed by atoms with Crippen LogP contribution in [0.5, 0.6) is 5.75 Å². The summed E-state index contributed by atoms with van der Waals surface area (Å²) in [6.07, 6.45) is 2.31. The van der Waals surface area contributed by atoms with Gasteiger partial charge >= 0.3 is 0 Å². The van der Waals surface area contributed by atoms with Crippen LogP contribution in [-0.4, -0.2) is 53.7 Å². The molecule has 0 aliphatic heterocycles. The average molecular weight is 395 g/mol.